The molecule has 42 heavy (non-hydrogen) atoms. The standard InChI is InChI=1S/C31H40O5.2C3H8/c1-20(2)28(32)11-9-12-34-29-22(5)15-26(16-23(29)6)19-27-17-24(7)30(25(8)18-27)35-13-10-14-36-31(33)21(3)4;2*1-3-2/h15-18H,1,3,9-14,19H2,2,4-8H3;2*3H2,1-2H3. The van der Waals surface area contributed by atoms with Crippen molar-refractivity contribution in [2.75, 3.05) is 19.8 Å². The Morgan fingerprint density at radius 1 is 0.643 bits per heavy atom. The quantitative estimate of drug-likeness (QED) is 0.126. The van der Waals surface area contributed by atoms with E-state index in [9.17, 15) is 9.59 Å². The number of aryl methyl sites for hydroxylation is 4. The van der Waals surface area contributed by atoms with E-state index in [-0.39, 0.29) is 11.8 Å². The number of carbonyl (C=O) groups is 2. The summed E-state index contributed by atoms with van der Waals surface area (Å²) in [6, 6.07) is 8.67. The van der Waals surface area contributed by atoms with E-state index in [1.54, 1.807) is 13.8 Å². The van der Waals surface area contributed by atoms with Crippen molar-refractivity contribution in [3.05, 3.63) is 82.0 Å². The maximum absolute atomic E-state index is 11.7. The molecule has 2 rings (SSSR count). The van der Waals surface area contributed by atoms with Gasteiger partial charge in [-0.15, -0.1) is 0 Å². The average molecular weight is 581 g/mol. The predicted octanol–water partition coefficient (Wildman–Crippen LogP) is 9.54. The fourth-order valence-electron chi connectivity index (χ4n) is 4.12. The van der Waals surface area contributed by atoms with E-state index in [1.807, 2.05) is 0 Å². The molecular weight excluding hydrogens is 524 g/mol. The molecule has 0 aliphatic heterocycles. The van der Waals surface area contributed by atoms with E-state index >= 15 is 0 Å². The van der Waals surface area contributed by atoms with E-state index in [2.05, 4.69) is 92.8 Å². The van der Waals surface area contributed by atoms with Gasteiger partial charge in [0.2, 0.25) is 0 Å². The molecule has 0 heterocycles. The summed E-state index contributed by atoms with van der Waals surface area (Å²) in [7, 11) is 0. The maximum Gasteiger partial charge on any atom is 0.333 e. The van der Waals surface area contributed by atoms with Crippen LogP contribution in [0.1, 0.15) is 107 Å². The van der Waals surface area contributed by atoms with Crippen LogP contribution in [0.15, 0.2) is 48.6 Å². The van der Waals surface area contributed by atoms with Crippen molar-refractivity contribution < 1.29 is 23.8 Å². The lowest BCUT2D eigenvalue weighted by atomic mass is 9.97. The lowest BCUT2D eigenvalue weighted by Crippen LogP contribution is -2.10. The molecule has 5 heteroatoms. The third-order valence-electron chi connectivity index (χ3n) is 5.84. The number of hydrogen-bond acceptors (Lipinski definition) is 5. The summed E-state index contributed by atoms with van der Waals surface area (Å²) in [4.78, 5) is 23.2. The van der Waals surface area contributed by atoms with Crippen molar-refractivity contribution in [1.82, 2.24) is 0 Å². The Labute approximate surface area is 256 Å². The lowest BCUT2D eigenvalue weighted by Gasteiger charge is -2.16. The largest absolute Gasteiger partial charge is 0.493 e. The van der Waals surface area contributed by atoms with Crippen LogP contribution in [0.2, 0.25) is 0 Å². The molecule has 5 nitrogen and oxygen atoms in total. The Bertz CT molecular complexity index is 1110. The van der Waals surface area contributed by atoms with Crippen LogP contribution in [0.5, 0.6) is 11.5 Å². The van der Waals surface area contributed by atoms with Crippen molar-refractivity contribution in [3.8, 4) is 11.5 Å². The van der Waals surface area contributed by atoms with Gasteiger partial charge >= 0.3 is 5.97 Å². The van der Waals surface area contributed by atoms with Crippen molar-refractivity contribution in [2.24, 2.45) is 0 Å². The Morgan fingerprint density at radius 2 is 1.02 bits per heavy atom. The van der Waals surface area contributed by atoms with Crippen LogP contribution in [-0.2, 0) is 20.7 Å². The molecule has 0 amide bonds. The zero-order valence-corrected chi connectivity index (χ0v) is 28.1. The van der Waals surface area contributed by atoms with Gasteiger partial charge in [0.05, 0.1) is 19.8 Å². The van der Waals surface area contributed by atoms with Crippen LogP contribution in [0, 0.1) is 27.7 Å². The molecule has 0 bridgehead atoms. The number of allylic oxidation sites excluding steroid dienone is 1. The first-order valence-electron chi connectivity index (χ1n) is 15.3. The van der Waals surface area contributed by atoms with Crippen molar-refractivity contribution in [2.45, 2.75) is 108 Å². The highest BCUT2D eigenvalue weighted by molar-refractivity contribution is 5.94. The van der Waals surface area contributed by atoms with Gasteiger partial charge in [-0.05, 0) is 93.3 Å². The Kier molecular flexibility index (Phi) is 19.7. The first kappa shape index (κ1) is 38.7. The normalized spacial score (nSPS) is 9.95. The number of Topliss-reactive ketones (excluding diaryl/α,β-unsaturated/α-hetero) is 1. The van der Waals surface area contributed by atoms with Crippen LogP contribution in [0.3, 0.4) is 0 Å². The molecule has 0 aromatic heterocycles. The fraction of sp³-hybridized carbons (Fsp3) is 0.514. The molecule has 0 radical (unpaired) electrons. The van der Waals surface area contributed by atoms with Crippen molar-refractivity contribution in [3.63, 3.8) is 0 Å². The van der Waals surface area contributed by atoms with Gasteiger partial charge in [-0.1, -0.05) is 78.0 Å². The summed E-state index contributed by atoms with van der Waals surface area (Å²) in [5.41, 5.74) is 7.80. The first-order valence-corrected chi connectivity index (χ1v) is 15.3. The number of carbonyl (C=O) groups excluding carboxylic acids is 2. The molecule has 0 saturated heterocycles. The first-order chi connectivity index (χ1) is 19.8. The molecule has 0 atom stereocenters. The number of ketones is 1. The molecule has 234 valence electrons. The second-order valence-electron chi connectivity index (χ2n) is 11.0. The zero-order chi connectivity index (χ0) is 32.2. The number of esters is 1. The van der Waals surface area contributed by atoms with Crippen LogP contribution in [0.25, 0.3) is 0 Å². The molecule has 0 saturated carbocycles. The van der Waals surface area contributed by atoms with Crippen molar-refractivity contribution >= 4 is 11.8 Å². The molecule has 0 aliphatic carbocycles. The number of hydrogen-bond donors (Lipinski definition) is 0. The Morgan fingerprint density at radius 3 is 1.38 bits per heavy atom. The van der Waals surface area contributed by atoms with Gasteiger partial charge in [0.25, 0.3) is 0 Å². The van der Waals surface area contributed by atoms with Crippen LogP contribution >= 0.6 is 0 Å². The molecule has 2 aromatic carbocycles. The van der Waals surface area contributed by atoms with Gasteiger partial charge in [0, 0.05) is 18.4 Å². The van der Waals surface area contributed by atoms with E-state index < -0.39 is 0 Å². The van der Waals surface area contributed by atoms with Gasteiger partial charge in [-0.25, -0.2) is 4.79 Å². The second kappa shape index (κ2) is 21.4. The minimum atomic E-state index is -0.369. The van der Waals surface area contributed by atoms with E-state index in [1.165, 1.54) is 24.0 Å². The highest BCUT2D eigenvalue weighted by Gasteiger charge is 2.11. The summed E-state index contributed by atoms with van der Waals surface area (Å²) in [6.07, 6.45) is 5.08. The summed E-state index contributed by atoms with van der Waals surface area (Å²) < 4.78 is 17.1. The molecular formula is C37H56O5. The average Bonchev–Trinajstić information content (AvgIpc) is 2.89. The zero-order valence-electron chi connectivity index (χ0n) is 28.1. The Hall–Kier alpha value is -3.34. The number of rotatable bonds is 14. The third kappa shape index (κ3) is 15.0. The molecule has 0 unspecified atom stereocenters. The summed E-state index contributed by atoms with van der Waals surface area (Å²) in [5, 5.41) is 0. The van der Waals surface area contributed by atoms with Gasteiger partial charge in [-0.3, -0.25) is 4.79 Å². The Balaban J connectivity index is 0.00000257. The van der Waals surface area contributed by atoms with Crippen molar-refractivity contribution in [1.29, 1.82) is 0 Å². The highest BCUT2D eigenvalue weighted by Crippen LogP contribution is 2.29. The molecule has 0 spiro atoms. The second-order valence-corrected chi connectivity index (χ2v) is 11.0. The monoisotopic (exact) mass is 580 g/mol. The van der Waals surface area contributed by atoms with Crippen LogP contribution in [-0.4, -0.2) is 31.6 Å². The smallest absolute Gasteiger partial charge is 0.333 e. The fourth-order valence-corrected chi connectivity index (χ4v) is 4.12. The van der Waals surface area contributed by atoms with Gasteiger partial charge in [0.1, 0.15) is 11.5 Å². The topological polar surface area (TPSA) is 61.8 Å². The SMILES string of the molecule is C=C(C)C(=O)CCCOc1c(C)cc(Cc2cc(C)c(OCCCOC(=O)C(=C)C)c(C)c2)cc1C.CCC.CCC. The summed E-state index contributed by atoms with van der Waals surface area (Å²) in [6.45, 7) is 28.7. The van der Waals surface area contributed by atoms with E-state index in [0.29, 0.717) is 50.2 Å². The minimum absolute atomic E-state index is 0.0912. The third-order valence-corrected chi connectivity index (χ3v) is 5.84. The van der Waals surface area contributed by atoms with Crippen LogP contribution < -0.4 is 9.47 Å². The van der Waals surface area contributed by atoms with E-state index in [0.717, 1.165) is 40.2 Å². The highest BCUT2D eigenvalue weighted by atomic mass is 16.5. The molecule has 0 aliphatic rings. The van der Waals surface area contributed by atoms with Crippen LogP contribution in [0.4, 0.5) is 0 Å². The lowest BCUT2D eigenvalue weighted by molar-refractivity contribution is -0.139. The number of ether oxygens (including phenoxy) is 3. The minimum Gasteiger partial charge on any atom is -0.493 e. The van der Waals surface area contributed by atoms with Gasteiger partial charge < -0.3 is 14.2 Å². The van der Waals surface area contributed by atoms with Gasteiger partial charge in [0.15, 0.2) is 5.78 Å². The maximum atomic E-state index is 11.7. The predicted molar refractivity (Wildman–Crippen MR) is 177 cm³/mol. The van der Waals surface area contributed by atoms with Gasteiger partial charge in [-0.2, -0.15) is 0 Å². The molecule has 2 aromatic rings. The number of benzene rings is 2. The van der Waals surface area contributed by atoms with E-state index in [4.69, 9.17) is 14.2 Å². The molecule has 0 fully saturated rings. The summed E-state index contributed by atoms with van der Waals surface area (Å²) >= 11 is 0. The molecule has 0 N–H and O–H groups in total. The summed E-state index contributed by atoms with van der Waals surface area (Å²) in [5.74, 6) is 1.50.